The van der Waals surface area contributed by atoms with Crippen LogP contribution in [-0.4, -0.2) is 24.5 Å². The lowest BCUT2D eigenvalue weighted by molar-refractivity contribution is 0.0797. The molecule has 84 valence electrons. The molecule has 0 spiro atoms. The first-order valence-electron chi connectivity index (χ1n) is 5.33. The van der Waals surface area contributed by atoms with Crippen LogP contribution >= 0.6 is 0 Å². The number of halogens is 1. The zero-order valence-electron chi connectivity index (χ0n) is 8.94. The number of likely N-dealkylation sites (tertiary alicyclic amines) is 1. The number of hydrogen-bond donors (Lipinski definition) is 1. The number of nitrogens with two attached hydrogens (primary N) is 1. The van der Waals surface area contributed by atoms with Crippen molar-refractivity contribution >= 4 is 0 Å². The van der Waals surface area contributed by atoms with Gasteiger partial charge in [0.1, 0.15) is 11.9 Å². The molecule has 1 aliphatic heterocycles. The molecule has 1 saturated heterocycles. The van der Waals surface area contributed by atoms with Crippen LogP contribution in [0.25, 0.3) is 0 Å². The third-order valence-corrected chi connectivity index (χ3v) is 2.97. The van der Waals surface area contributed by atoms with Gasteiger partial charge in [0.15, 0.2) is 0 Å². The average Bonchev–Trinajstić information content (AvgIpc) is 2.22. The fourth-order valence-corrected chi connectivity index (χ4v) is 2.01. The molecule has 1 atom stereocenters. The maximum atomic E-state index is 13.0. The van der Waals surface area contributed by atoms with Crippen LogP contribution in [0.4, 0.5) is 4.39 Å². The van der Waals surface area contributed by atoms with Gasteiger partial charge in [-0.25, -0.2) is 4.39 Å². The number of hydrogen-bond acceptors (Lipinski definition) is 3. The average molecular weight is 219 g/mol. The molecule has 1 fully saturated rings. The third-order valence-electron chi connectivity index (χ3n) is 2.97. The second-order valence-electron chi connectivity index (χ2n) is 4.14. The van der Waals surface area contributed by atoms with Crippen LogP contribution < -0.4 is 5.73 Å². The van der Waals surface area contributed by atoms with Crippen LogP contribution in [0.2, 0.25) is 0 Å². The molecule has 0 aliphatic carbocycles. The molecule has 0 radical (unpaired) electrons. The van der Waals surface area contributed by atoms with E-state index in [4.69, 9.17) is 11.0 Å². The normalized spacial score (nSPS) is 18.8. The SMILES string of the molecule is N#C[C@@H](c1cccc(F)c1)N1CC(CN)C1. The van der Waals surface area contributed by atoms with Gasteiger partial charge in [-0.3, -0.25) is 4.90 Å². The quantitative estimate of drug-likeness (QED) is 0.833. The summed E-state index contributed by atoms with van der Waals surface area (Å²) in [4.78, 5) is 2.02. The molecule has 3 nitrogen and oxygen atoms in total. The van der Waals surface area contributed by atoms with Gasteiger partial charge in [-0.1, -0.05) is 12.1 Å². The summed E-state index contributed by atoms with van der Waals surface area (Å²) in [6.07, 6.45) is 0. The van der Waals surface area contributed by atoms with Crippen LogP contribution in [0.3, 0.4) is 0 Å². The Morgan fingerprint density at radius 1 is 1.56 bits per heavy atom. The van der Waals surface area contributed by atoms with Gasteiger partial charge in [-0.05, 0) is 30.2 Å². The molecule has 2 N–H and O–H groups in total. The Labute approximate surface area is 94.3 Å². The van der Waals surface area contributed by atoms with Crippen molar-refractivity contribution in [2.45, 2.75) is 6.04 Å². The van der Waals surface area contributed by atoms with E-state index >= 15 is 0 Å². The van der Waals surface area contributed by atoms with Gasteiger partial charge in [-0.15, -0.1) is 0 Å². The lowest BCUT2D eigenvalue weighted by Crippen LogP contribution is -2.50. The predicted molar refractivity (Wildman–Crippen MR) is 58.9 cm³/mol. The van der Waals surface area contributed by atoms with Crippen molar-refractivity contribution in [1.29, 1.82) is 5.26 Å². The summed E-state index contributed by atoms with van der Waals surface area (Å²) >= 11 is 0. The van der Waals surface area contributed by atoms with Crippen molar-refractivity contribution in [3.8, 4) is 6.07 Å². The van der Waals surface area contributed by atoms with Gasteiger partial charge in [0.25, 0.3) is 0 Å². The van der Waals surface area contributed by atoms with E-state index in [1.165, 1.54) is 12.1 Å². The van der Waals surface area contributed by atoms with Crippen LogP contribution in [-0.2, 0) is 0 Å². The molecule has 0 saturated carbocycles. The third kappa shape index (κ3) is 2.06. The van der Waals surface area contributed by atoms with Crippen molar-refractivity contribution < 1.29 is 4.39 Å². The highest BCUT2D eigenvalue weighted by molar-refractivity contribution is 5.25. The molecular weight excluding hydrogens is 205 g/mol. The Hall–Kier alpha value is -1.44. The molecule has 1 aromatic rings. The highest BCUT2D eigenvalue weighted by atomic mass is 19.1. The zero-order valence-corrected chi connectivity index (χ0v) is 8.94. The van der Waals surface area contributed by atoms with Gasteiger partial charge in [0.05, 0.1) is 6.07 Å². The Morgan fingerprint density at radius 2 is 2.31 bits per heavy atom. The first kappa shape index (κ1) is 11.1. The van der Waals surface area contributed by atoms with Crippen LogP contribution in [0.1, 0.15) is 11.6 Å². The number of rotatable bonds is 3. The van der Waals surface area contributed by atoms with Gasteiger partial charge >= 0.3 is 0 Å². The van der Waals surface area contributed by atoms with Gasteiger partial charge in [-0.2, -0.15) is 5.26 Å². The first-order chi connectivity index (χ1) is 7.74. The van der Waals surface area contributed by atoms with Gasteiger partial charge in [0, 0.05) is 13.1 Å². The highest BCUT2D eigenvalue weighted by Gasteiger charge is 2.32. The van der Waals surface area contributed by atoms with E-state index in [2.05, 4.69) is 6.07 Å². The largest absolute Gasteiger partial charge is 0.330 e. The van der Waals surface area contributed by atoms with E-state index in [1.54, 1.807) is 12.1 Å². The molecule has 1 heterocycles. The standard InChI is InChI=1S/C12H14FN3/c13-11-3-1-2-10(4-11)12(6-15)16-7-9(5-14)8-16/h1-4,9,12H,5,7-8,14H2/t12-/m0/s1. The molecule has 1 aromatic carbocycles. The molecule has 0 unspecified atom stereocenters. The number of benzene rings is 1. The summed E-state index contributed by atoms with van der Waals surface area (Å²) < 4.78 is 13.0. The Balaban J connectivity index is 2.10. The summed E-state index contributed by atoms with van der Waals surface area (Å²) in [5, 5.41) is 9.12. The first-order valence-corrected chi connectivity index (χ1v) is 5.33. The van der Waals surface area contributed by atoms with E-state index in [0.717, 1.165) is 18.7 Å². The van der Waals surface area contributed by atoms with Crippen molar-refractivity contribution in [3.63, 3.8) is 0 Å². The Morgan fingerprint density at radius 3 is 2.88 bits per heavy atom. The fraction of sp³-hybridized carbons (Fsp3) is 0.417. The summed E-state index contributed by atoms with van der Waals surface area (Å²) in [6, 6.07) is 8.09. The number of nitriles is 1. The predicted octanol–water partition coefficient (Wildman–Crippen LogP) is 1.28. The second kappa shape index (κ2) is 4.60. The maximum Gasteiger partial charge on any atom is 0.123 e. The van der Waals surface area contributed by atoms with E-state index in [9.17, 15) is 4.39 Å². The van der Waals surface area contributed by atoms with Crippen molar-refractivity contribution in [1.82, 2.24) is 4.90 Å². The second-order valence-corrected chi connectivity index (χ2v) is 4.14. The fourth-order valence-electron chi connectivity index (χ4n) is 2.01. The molecule has 4 heteroatoms. The van der Waals surface area contributed by atoms with Crippen molar-refractivity contribution in [2.75, 3.05) is 19.6 Å². The topological polar surface area (TPSA) is 53.0 Å². The summed E-state index contributed by atoms with van der Waals surface area (Å²) in [5.74, 6) is 0.179. The molecular formula is C12H14FN3. The van der Waals surface area contributed by atoms with Crippen LogP contribution in [0, 0.1) is 23.1 Å². The summed E-state index contributed by atoms with van der Waals surface area (Å²) in [7, 11) is 0. The maximum absolute atomic E-state index is 13.0. The van der Waals surface area contributed by atoms with Crippen LogP contribution in [0.15, 0.2) is 24.3 Å². The lowest BCUT2D eigenvalue weighted by atomic mass is 9.95. The van der Waals surface area contributed by atoms with Crippen LogP contribution in [0.5, 0.6) is 0 Å². The molecule has 16 heavy (non-hydrogen) atoms. The molecule has 0 bridgehead atoms. The van der Waals surface area contributed by atoms with Gasteiger partial charge in [0.2, 0.25) is 0 Å². The minimum Gasteiger partial charge on any atom is -0.330 e. The molecule has 0 amide bonds. The monoisotopic (exact) mass is 219 g/mol. The molecule has 2 rings (SSSR count). The van der Waals surface area contributed by atoms with E-state index in [-0.39, 0.29) is 11.9 Å². The Bertz CT molecular complexity index is 407. The van der Waals surface area contributed by atoms with E-state index < -0.39 is 0 Å². The minimum atomic E-state index is -0.349. The van der Waals surface area contributed by atoms with E-state index in [1.807, 2.05) is 4.90 Å². The molecule has 0 aromatic heterocycles. The zero-order chi connectivity index (χ0) is 11.5. The summed E-state index contributed by atoms with van der Waals surface area (Å²) in [5.41, 5.74) is 6.25. The Kier molecular flexibility index (Phi) is 3.18. The smallest absolute Gasteiger partial charge is 0.123 e. The van der Waals surface area contributed by atoms with Gasteiger partial charge < -0.3 is 5.73 Å². The lowest BCUT2D eigenvalue weighted by Gasteiger charge is -2.41. The highest BCUT2D eigenvalue weighted by Crippen LogP contribution is 2.27. The number of nitrogens with zero attached hydrogens (tertiary/aromatic N) is 2. The van der Waals surface area contributed by atoms with E-state index in [0.29, 0.717) is 12.5 Å². The molecule has 1 aliphatic rings. The summed E-state index contributed by atoms with van der Waals surface area (Å²) in [6.45, 7) is 2.30. The van der Waals surface area contributed by atoms with Crippen molar-refractivity contribution in [3.05, 3.63) is 35.6 Å². The van der Waals surface area contributed by atoms with Crippen molar-refractivity contribution in [2.24, 2.45) is 11.7 Å². The minimum absolute atomic E-state index is 0.298.